The van der Waals surface area contributed by atoms with Crippen molar-refractivity contribution in [3.8, 4) is 0 Å². The molecule has 2 aromatic heterocycles. The quantitative estimate of drug-likeness (QED) is 0.168. The number of amides is 1. The van der Waals surface area contributed by atoms with Crippen LogP contribution in [0.3, 0.4) is 0 Å². The third-order valence-corrected chi connectivity index (χ3v) is 6.72. The minimum atomic E-state index is -0.368. The molecule has 0 saturated carbocycles. The van der Waals surface area contributed by atoms with Crippen LogP contribution in [0.1, 0.15) is 42.3 Å². The molecule has 208 valence electrons. The number of benzene rings is 3. The maximum Gasteiger partial charge on any atom is 0.253 e. The summed E-state index contributed by atoms with van der Waals surface area (Å²) in [6.45, 7) is 2.30. The summed E-state index contributed by atoms with van der Waals surface area (Å²) >= 11 is 0. The van der Waals surface area contributed by atoms with Gasteiger partial charge < -0.3 is 24.9 Å². The van der Waals surface area contributed by atoms with Gasteiger partial charge in [0.2, 0.25) is 5.78 Å². The third-order valence-electron chi connectivity index (χ3n) is 6.72. The molecule has 0 aliphatic carbocycles. The van der Waals surface area contributed by atoms with Crippen molar-refractivity contribution in [2.24, 2.45) is 5.73 Å². The average molecular weight is 550 g/mol. The van der Waals surface area contributed by atoms with E-state index in [9.17, 15) is 14.4 Å². The molecule has 5 aromatic rings. The van der Waals surface area contributed by atoms with E-state index in [1.807, 2.05) is 42.5 Å². The van der Waals surface area contributed by atoms with Gasteiger partial charge in [-0.2, -0.15) is 0 Å². The van der Waals surface area contributed by atoms with Gasteiger partial charge in [0.05, 0.1) is 43.2 Å². The number of ether oxygens (including phenoxy) is 2. The number of hydrogen-bond donors (Lipinski definition) is 2. The number of pyridine rings is 1. The number of ketones is 2. The van der Waals surface area contributed by atoms with Gasteiger partial charge >= 0.3 is 0 Å². The van der Waals surface area contributed by atoms with Gasteiger partial charge in [-0.25, -0.2) is 0 Å². The Hall–Kier alpha value is -4.63. The highest BCUT2D eigenvalue weighted by Crippen LogP contribution is 2.24. The summed E-state index contributed by atoms with van der Waals surface area (Å²) in [6, 6.07) is 27.2. The number of fused-ring (bicyclic) bond motifs is 2. The lowest BCUT2D eigenvalue weighted by molar-refractivity contribution is 0.0511. The van der Waals surface area contributed by atoms with Gasteiger partial charge in [0.25, 0.3) is 5.91 Å². The van der Waals surface area contributed by atoms with E-state index in [-0.39, 0.29) is 24.0 Å². The lowest BCUT2D eigenvalue weighted by Crippen LogP contribution is -2.27. The monoisotopic (exact) mass is 549 g/mol. The summed E-state index contributed by atoms with van der Waals surface area (Å²) in [7, 11) is 0. The predicted molar refractivity (Wildman–Crippen MR) is 158 cm³/mol. The van der Waals surface area contributed by atoms with Crippen molar-refractivity contribution >= 4 is 33.8 Å². The van der Waals surface area contributed by atoms with Crippen LogP contribution in [0.5, 0.6) is 0 Å². The maximum atomic E-state index is 13.7. The van der Waals surface area contributed by atoms with Crippen LogP contribution in [0, 0.1) is 0 Å². The van der Waals surface area contributed by atoms with Crippen LogP contribution in [0.15, 0.2) is 97.2 Å². The van der Waals surface area contributed by atoms with E-state index in [2.05, 4.69) is 5.32 Å². The average Bonchev–Trinajstić information content (AvgIpc) is 3.40. The van der Waals surface area contributed by atoms with Crippen molar-refractivity contribution in [1.82, 2.24) is 9.72 Å². The van der Waals surface area contributed by atoms with Crippen molar-refractivity contribution in [1.29, 1.82) is 0 Å². The highest BCUT2D eigenvalue weighted by molar-refractivity contribution is 6.14. The molecule has 8 heteroatoms. The number of aromatic nitrogens is 1. The molecular formula is C33H31N3O5. The van der Waals surface area contributed by atoms with Crippen molar-refractivity contribution < 1.29 is 23.9 Å². The molecular weight excluding hydrogens is 518 g/mol. The molecule has 5 rings (SSSR count). The van der Waals surface area contributed by atoms with E-state index in [1.54, 1.807) is 59.1 Å². The summed E-state index contributed by atoms with van der Waals surface area (Å²) in [6.07, 6.45) is 1.67. The summed E-state index contributed by atoms with van der Waals surface area (Å²) < 4.78 is 12.4. The minimum absolute atomic E-state index is 0.173. The fraction of sp³-hybridized carbons (Fsp3) is 0.182. The molecule has 0 radical (unpaired) electrons. The lowest BCUT2D eigenvalue weighted by Gasteiger charge is -2.08. The molecule has 2 heterocycles. The molecule has 0 fully saturated rings. The zero-order chi connectivity index (χ0) is 28.6. The van der Waals surface area contributed by atoms with Gasteiger partial charge in [0, 0.05) is 36.0 Å². The van der Waals surface area contributed by atoms with E-state index in [4.69, 9.17) is 15.2 Å². The number of nitrogens with zero attached hydrogens (tertiary/aromatic N) is 1. The Bertz CT molecular complexity index is 1690. The van der Waals surface area contributed by atoms with E-state index < -0.39 is 0 Å². The minimum Gasteiger partial charge on any atom is -0.378 e. The predicted octanol–water partition coefficient (Wildman–Crippen LogP) is 4.28. The standard InChI is InChI=1S/C33H31N3O5/c34-13-16-40-18-19-41-17-14-35-33(39)28-22-30(32(38)26-11-10-23-6-4-5-9-25(23)20-26)36-15-12-27(21-29(28)36)31(37)24-7-2-1-3-8-24/h1-12,15,20-22H,13-14,16-19,34H2,(H,35,39). The number of hydrogen-bond acceptors (Lipinski definition) is 6. The summed E-state index contributed by atoms with van der Waals surface area (Å²) in [5, 5.41) is 4.83. The first-order chi connectivity index (χ1) is 20.1. The molecule has 8 nitrogen and oxygen atoms in total. The Kier molecular flexibility index (Phi) is 8.95. The molecule has 0 unspecified atom stereocenters. The Morgan fingerprint density at radius 3 is 2.17 bits per heavy atom. The van der Waals surface area contributed by atoms with Gasteiger partial charge in [-0.15, -0.1) is 0 Å². The van der Waals surface area contributed by atoms with Crippen LogP contribution in [0.2, 0.25) is 0 Å². The first-order valence-electron chi connectivity index (χ1n) is 13.5. The molecule has 3 N–H and O–H groups in total. The van der Waals surface area contributed by atoms with Crippen molar-refractivity contribution in [3.05, 3.63) is 125 Å². The molecule has 0 spiro atoms. The Morgan fingerprint density at radius 1 is 0.683 bits per heavy atom. The SMILES string of the molecule is NCCOCCOCCNC(=O)c1cc(C(=O)c2ccc3ccccc3c2)n2ccc(C(=O)c3ccccc3)cc12. The Balaban J connectivity index is 1.43. The van der Waals surface area contributed by atoms with Gasteiger partial charge in [-0.05, 0) is 35.0 Å². The molecule has 1 amide bonds. The smallest absolute Gasteiger partial charge is 0.253 e. The van der Waals surface area contributed by atoms with Crippen LogP contribution in [0.25, 0.3) is 16.3 Å². The van der Waals surface area contributed by atoms with Gasteiger partial charge in [0.1, 0.15) is 0 Å². The number of rotatable bonds is 13. The summed E-state index contributed by atoms with van der Waals surface area (Å²) in [5.41, 5.74) is 7.94. The van der Waals surface area contributed by atoms with Crippen LogP contribution in [0.4, 0.5) is 0 Å². The molecule has 0 bridgehead atoms. The highest BCUT2D eigenvalue weighted by atomic mass is 16.5. The molecule has 41 heavy (non-hydrogen) atoms. The maximum absolute atomic E-state index is 13.7. The first kappa shape index (κ1) is 27.9. The fourth-order valence-electron chi connectivity index (χ4n) is 4.67. The van der Waals surface area contributed by atoms with E-state index in [1.165, 1.54) is 0 Å². The topological polar surface area (TPSA) is 112 Å². The second kappa shape index (κ2) is 13.1. The second-order valence-electron chi connectivity index (χ2n) is 9.47. The third kappa shape index (κ3) is 6.41. The van der Waals surface area contributed by atoms with Crippen LogP contribution >= 0.6 is 0 Å². The summed E-state index contributed by atoms with van der Waals surface area (Å²) in [5.74, 6) is -0.770. The zero-order valence-electron chi connectivity index (χ0n) is 22.5. The van der Waals surface area contributed by atoms with E-state index in [0.717, 1.165) is 10.8 Å². The molecule has 0 atom stereocenters. The van der Waals surface area contributed by atoms with Crippen LogP contribution in [-0.2, 0) is 9.47 Å². The largest absolute Gasteiger partial charge is 0.378 e. The molecule has 0 saturated heterocycles. The van der Waals surface area contributed by atoms with Crippen molar-refractivity contribution in [2.75, 3.05) is 39.5 Å². The normalized spacial score (nSPS) is 11.1. The van der Waals surface area contributed by atoms with E-state index >= 15 is 0 Å². The molecule has 3 aromatic carbocycles. The van der Waals surface area contributed by atoms with Crippen molar-refractivity contribution in [2.45, 2.75) is 0 Å². The lowest BCUT2D eigenvalue weighted by atomic mass is 10.0. The zero-order valence-corrected chi connectivity index (χ0v) is 22.5. The van der Waals surface area contributed by atoms with Crippen molar-refractivity contribution in [3.63, 3.8) is 0 Å². The van der Waals surface area contributed by atoms with E-state index in [0.29, 0.717) is 66.4 Å². The fourth-order valence-corrected chi connectivity index (χ4v) is 4.67. The van der Waals surface area contributed by atoms with Gasteiger partial charge in [-0.3, -0.25) is 14.4 Å². The van der Waals surface area contributed by atoms with Gasteiger partial charge in [0.15, 0.2) is 5.78 Å². The van der Waals surface area contributed by atoms with Gasteiger partial charge in [-0.1, -0.05) is 66.7 Å². The molecule has 0 aliphatic rings. The highest BCUT2D eigenvalue weighted by Gasteiger charge is 2.22. The molecule has 0 aliphatic heterocycles. The van der Waals surface area contributed by atoms with Crippen LogP contribution < -0.4 is 11.1 Å². The number of nitrogens with two attached hydrogens (primary N) is 1. The van der Waals surface area contributed by atoms with Crippen LogP contribution in [-0.4, -0.2) is 61.4 Å². The Morgan fingerprint density at radius 2 is 1.39 bits per heavy atom. The second-order valence-corrected chi connectivity index (χ2v) is 9.47. The Labute approximate surface area is 237 Å². The summed E-state index contributed by atoms with van der Waals surface area (Å²) in [4.78, 5) is 40.2. The number of nitrogens with one attached hydrogen (secondary N) is 1. The first-order valence-corrected chi connectivity index (χ1v) is 13.5. The number of carbonyl (C=O) groups excluding carboxylic acids is 3. The number of carbonyl (C=O) groups is 3.